The molecular formula is C13H9N5O2S2Se. The van der Waals surface area contributed by atoms with Crippen LogP contribution in [0.2, 0.25) is 0 Å². The summed E-state index contributed by atoms with van der Waals surface area (Å²) in [7, 11) is -3.80. The van der Waals surface area contributed by atoms with Crippen LogP contribution in [-0.2, 0) is 10.0 Å². The zero-order chi connectivity index (χ0) is 16.0. The van der Waals surface area contributed by atoms with Gasteiger partial charge in [-0.25, -0.2) is 0 Å². The molecule has 0 fully saturated rings. The SMILES string of the molecule is Cc1ccc2nsnc2c1S(=O)(=O)Nc1cccc2n[se]nc12. The van der Waals surface area contributed by atoms with E-state index in [0.29, 0.717) is 27.8 Å². The third kappa shape index (κ3) is 2.43. The summed E-state index contributed by atoms with van der Waals surface area (Å²) in [5.41, 5.74) is 3.33. The normalized spacial score (nSPS) is 12.0. The predicted molar refractivity (Wildman–Crippen MR) is 89.4 cm³/mol. The Kier molecular flexibility index (Phi) is 3.42. The van der Waals surface area contributed by atoms with Crippen LogP contribution in [0.4, 0.5) is 5.69 Å². The Balaban J connectivity index is 1.89. The zero-order valence-corrected chi connectivity index (χ0v) is 15.1. The summed E-state index contributed by atoms with van der Waals surface area (Å²) in [6.45, 7) is 1.74. The van der Waals surface area contributed by atoms with E-state index in [2.05, 4.69) is 21.4 Å². The van der Waals surface area contributed by atoms with Crippen LogP contribution in [0, 0.1) is 6.92 Å². The number of hydrogen-bond acceptors (Lipinski definition) is 7. The van der Waals surface area contributed by atoms with Gasteiger partial charge in [0.15, 0.2) is 0 Å². The van der Waals surface area contributed by atoms with Crippen molar-refractivity contribution in [2.75, 3.05) is 4.72 Å². The van der Waals surface area contributed by atoms with E-state index in [1.54, 1.807) is 31.2 Å². The zero-order valence-electron chi connectivity index (χ0n) is 11.7. The number of rotatable bonds is 3. The van der Waals surface area contributed by atoms with E-state index in [0.717, 1.165) is 17.2 Å². The molecule has 0 amide bonds. The molecule has 2 aromatic carbocycles. The molecule has 0 saturated heterocycles. The monoisotopic (exact) mass is 411 g/mol. The number of benzene rings is 2. The fourth-order valence-electron chi connectivity index (χ4n) is 2.35. The molecule has 1 N–H and O–H groups in total. The van der Waals surface area contributed by atoms with E-state index in [9.17, 15) is 8.42 Å². The van der Waals surface area contributed by atoms with Gasteiger partial charge in [-0.2, -0.15) is 0 Å². The third-order valence-electron chi connectivity index (χ3n) is 3.38. The van der Waals surface area contributed by atoms with E-state index in [1.165, 1.54) is 0 Å². The third-order valence-corrected chi connectivity index (χ3v) is 6.60. The number of sulfonamides is 1. The molecule has 0 aliphatic heterocycles. The number of anilines is 1. The molecule has 0 radical (unpaired) electrons. The topological polar surface area (TPSA) is 97.7 Å². The molecule has 0 bridgehead atoms. The van der Waals surface area contributed by atoms with Gasteiger partial charge in [0.1, 0.15) is 0 Å². The van der Waals surface area contributed by atoms with Gasteiger partial charge in [0.05, 0.1) is 0 Å². The van der Waals surface area contributed by atoms with Crippen LogP contribution in [0.15, 0.2) is 35.2 Å². The Hall–Kier alpha value is -1.87. The van der Waals surface area contributed by atoms with Gasteiger partial charge < -0.3 is 0 Å². The van der Waals surface area contributed by atoms with Crippen LogP contribution in [0.25, 0.3) is 22.1 Å². The molecule has 4 aromatic rings. The van der Waals surface area contributed by atoms with Gasteiger partial charge in [-0.05, 0) is 0 Å². The fraction of sp³-hybridized carbons (Fsp3) is 0.0769. The molecule has 7 nitrogen and oxygen atoms in total. The Labute approximate surface area is 142 Å². The molecule has 2 aromatic heterocycles. The van der Waals surface area contributed by atoms with Crippen molar-refractivity contribution in [1.82, 2.24) is 16.7 Å². The van der Waals surface area contributed by atoms with Gasteiger partial charge >= 0.3 is 142 Å². The first kappa shape index (κ1) is 14.7. The van der Waals surface area contributed by atoms with Crippen molar-refractivity contribution in [2.24, 2.45) is 0 Å². The summed E-state index contributed by atoms with van der Waals surface area (Å²) in [5.74, 6) is 0. The molecule has 23 heavy (non-hydrogen) atoms. The van der Waals surface area contributed by atoms with Gasteiger partial charge in [0.2, 0.25) is 0 Å². The number of nitrogens with one attached hydrogen (secondary N) is 1. The summed E-state index contributed by atoms with van der Waals surface area (Å²) in [6, 6.07) is 8.77. The molecule has 2 heterocycles. The first-order valence-corrected chi connectivity index (χ1v) is 10.3. The molecule has 4 rings (SSSR count). The van der Waals surface area contributed by atoms with Crippen molar-refractivity contribution in [2.45, 2.75) is 11.8 Å². The molecule has 0 spiro atoms. The Morgan fingerprint density at radius 3 is 2.78 bits per heavy atom. The van der Waals surface area contributed by atoms with Crippen LogP contribution in [-0.4, -0.2) is 40.1 Å². The average molecular weight is 410 g/mol. The van der Waals surface area contributed by atoms with Crippen molar-refractivity contribution in [3.8, 4) is 0 Å². The van der Waals surface area contributed by atoms with Gasteiger partial charge in [-0.3, -0.25) is 0 Å². The van der Waals surface area contributed by atoms with Crippen molar-refractivity contribution in [3.63, 3.8) is 0 Å². The number of aryl methyl sites for hydroxylation is 1. The summed E-state index contributed by atoms with van der Waals surface area (Å²) in [5, 5.41) is 0. The Bertz CT molecular complexity index is 1140. The van der Waals surface area contributed by atoms with E-state index >= 15 is 0 Å². The van der Waals surface area contributed by atoms with E-state index in [-0.39, 0.29) is 19.9 Å². The fourth-order valence-corrected chi connectivity index (χ4v) is 5.56. The predicted octanol–water partition coefficient (Wildman–Crippen LogP) is 1.80. The van der Waals surface area contributed by atoms with Crippen LogP contribution >= 0.6 is 11.7 Å². The molecule has 0 saturated carbocycles. The van der Waals surface area contributed by atoms with Gasteiger partial charge in [-0.15, -0.1) is 0 Å². The van der Waals surface area contributed by atoms with Gasteiger partial charge in [0, 0.05) is 0 Å². The standard InChI is InChI=1S/C13H9N5O2S2Se/c1-7-5-6-8-12(15-21-14-8)13(7)22(19,20)16-9-3-2-4-10-11(9)18-23-17-10/h2-6,16H,1H3. The summed E-state index contributed by atoms with van der Waals surface area (Å²) >= 11 is 0.771. The molecule has 0 atom stereocenters. The number of aromatic nitrogens is 4. The quantitative estimate of drug-likeness (QED) is 0.518. The minimum atomic E-state index is -3.80. The molecule has 0 aliphatic rings. The van der Waals surface area contributed by atoms with Crippen LogP contribution < -0.4 is 4.72 Å². The first-order chi connectivity index (χ1) is 11.1. The maximum absolute atomic E-state index is 12.9. The van der Waals surface area contributed by atoms with E-state index < -0.39 is 10.0 Å². The summed E-state index contributed by atoms with van der Waals surface area (Å²) in [4.78, 5) is 0.154. The van der Waals surface area contributed by atoms with Gasteiger partial charge in [0.25, 0.3) is 0 Å². The summed E-state index contributed by atoms with van der Waals surface area (Å²) < 4.78 is 45.2. The van der Waals surface area contributed by atoms with Crippen LogP contribution in [0.3, 0.4) is 0 Å². The van der Waals surface area contributed by atoms with E-state index in [4.69, 9.17) is 0 Å². The maximum atomic E-state index is 12.9. The van der Waals surface area contributed by atoms with Crippen molar-refractivity contribution < 1.29 is 8.42 Å². The average Bonchev–Trinajstić information content (AvgIpc) is 3.14. The van der Waals surface area contributed by atoms with Crippen molar-refractivity contribution >= 4 is 64.5 Å². The van der Waals surface area contributed by atoms with Crippen LogP contribution in [0.5, 0.6) is 0 Å². The second-order valence-corrected chi connectivity index (χ2v) is 8.14. The van der Waals surface area contributed by atoms with Crippen molar-refractivity contribution in [3.05, 3.63) is 35.9 Å². The molecule has 0 aliphatic carbocycles. The summed E-state index contributed by atoms with van der Waals surface area (Å²) in [6.07, 6.45) is 0. The molecule has 10 heteroatoms. The van der Waals surface area contributed by atoms with Crippen LogP contribution in [0.1, 0.15) is 5.56 Å². The Morgan fingerprint density at radius 2 is 1.91 bits per heavy atom. The van der Waals surface area contributed by atoms with E-state index in [1.807, 2.05) is 6.07 Å². The number of hydrogen-bond donors (Lipinski definition) is 1. The molecule has 116 valence electrons. The molecular weight excluding hydrogens is 401 g/mol. The first-order valence-electron chi connectivity index (χ1n) is 6.52. The second kappa shape index (κ2) is 5.34. The molecule has 0 unspecified atom stereocenters. The Morgan fingerprint density at radius 1 is 1.04 bits per heavy atom. The number of nitrogens with zero attached hydrogens (tertiary/aromatic N) is 4. The minimum absolute atomic E-state index is 0.154. The number of fused-ring (bicyclic) bond motifs is 2. The van der Waals surface area contributed by atoms with Gasteiger partial charge in [-0.1, -0.05) is 0 Å². The second-order valence-electron chi connectivity index (χ2n) is 4.89. The van der Waals surface area contributed by atoms with Crippen molar-refractivity contribution in [1.29, 1.82) is 0 Å².